The van der Waals surface area contributed by atoms with Crippen LogP contribution >= 0.6 is 11.6 Å². The molecule has 0 fully saturated rings. The molecule has 0 aliphatic carbocycles. The van der Waals surface area contributed by atoms with Gasteiger partial charge in [0.05, 0.1) is 5.69 Å². The van der Waals surface area contributed by atoms with E-state index in [9.17, 15) is 22.0 Å². The molecule has 0 spiro atoms. The molecule has 0 saturated carbocycles. The maximum Gasteiger partial charge on any atom is 0.433 e. The van der Waals surface area contributed by atoms with Crippen molar-refractivity contribution in [3.05, 3.63) is 41.1 Å². The Kier molecular flexibility index (Phi) is 3.85. The van der Waals surface area contributed by atoms with Crippen LogP contribution in [0.4, 0.5) is 22.0 Å². The first-order valence-corrected chi connectivity index (χ1v) is 5.51. The van der Waals surface area contributed by atoms with Gasteiger partial charge in [-0.25, -0.2) is 18.7 Å². The monoisotopic (exact) mass is 309 g/mol. The van der Waals surface area contributed by atoms with Crippen LogP contribution in [0.25, 0.3) is 11.3 Å². The van der Waals surface area contributed by atoms with E-state index in [1.807, 2.05) is 0 Å². The summed E-state index contributed by atoms with van der Waals surface area (Å²) in [4.78, 5) is 10.2. The number of pyridine rings is 1. The average Bonchev–Trinajstić information content (AvgIpc) is 2.37. The fourth-order valence-electron chi connectivity index (χ4n) is 1.41. The minimum atomic E-state index is -4.57. The molecule has 2 aromatic heterocycles. The topological polar surface area (TPSA) is 38.7 Å². The molecule has 9 heteroatoms. The summed E-state index contributed by atoms with van der Waals surface area (Å²) in [6.07, 6.45) is -6.55. The Morgan fingerprint density at radius 2 is 1.80 bits per heavy atom. The molecule has 0 aromatic carbocycles. The van der Waals surface area contributed by atoms with E-state index in [1.165, 1.54) is 0 Å². The highest BCUT2D eigenvalue weighted by Gasteiger charge is 2.32. The average molecular weight is 310 g/mol. The molecule has 0 atom stereocenters. The third-order valence-electron chi connectivity index (χ3n) is 2.29. The van der Waals surface area contributed by atoms with Crippen LogP contribution < -0.4 is 0 Å². The molecule has 0 bridgehead atoms. The third-order valence-corrected chi connectivity index (χ3v) is 2.46. The second kappa shape index (κ2) is 5.28. The van der Waals surface area contributed by atoms with Crippen LogP contribution in [-0.2, 0) is 6.18 Å². The zero-order valence-corrected chi connectivity index (χ0v) is 10.3. The van der Waals surface area contributed by atoms with Crippen molar-refractivity contribution in [3.63, 3.8) is 0 Å². The quantitative estimate of drug-likeness (QED) is 0.618. The summed E-state index contributed by atoms with van der Waals surface area (Å²) in [7, 11) is 0. The summed E-state index contributed by atoms with van der Waals surface area (Å²) < 4.78 is 62.1. The van der Waals surface area contributed by atoms with E-state index in [0.717, 1.165) is 24.4 Å². The molecule has 2 aromatic rings. The van der Waals surface area contributed by atoms with Crippen LogP contribution in [0.15, 0.2) is 24.4 Å². The van der Waals surface area contributed by atoms with Crippen LogP contribution in [0.2, 0.25) is 5.28 Å². The van der Waals surface area contributed by atoms with Gasteiger partial charge in [-0.2, -0.15) is 13.2 Å². The smallest absolute Gasteiger partial charge is 0.251 e. The summed E-state index contributed by atoms with van der Waals surface area (Å²) in [5, 5.41) is -0.419. The van der Waals surface area contributed by atoms with Crippen LogP contribution in [0.3, 0.4) is 0 Å². The van der Waals surface area contributed by atoms with Gasteiger partial charge >= 0.3 is 6.18 Å². The minimum Gasteiger partial charge on any atom is -0.251 e. The lowest BCUT2D eigenvalue weighted by Crippen LogP contribution is -2.07. The van der Waals surface area contributed by atoms with Gasteiger partial charge in [-0.1, -0.05) is 0 Å². The highest BCUT2D eigenvalue weighted by atomic mass is 35.5. The SMILES string of the molecule is FC(F)c1cc(-c2ccc(C(F)(F)F)nc2)nc(Cl)n1. The summed E-state index contributed by atoms with van der Waals surface area (Å²) in [6.45, 7) is 0. The van der Waals surface area contributed by atoms with Gasteiger partial charge in [-0.05, 0) is 29.8 Å². The van der Waals surface area contributed by atoms with Crippen molar-refractivity contribution in [2.24, 2.45) is 0 Å². The summed E-state index contributed by atoms with van der Waals surface area (Å²) in [5.41, 5.74) is -1.60. The van der Waals surface area contributed by atoms with Crippen LogP contribution in [0.1, 0.15) is 17.8 Å². The lowest BCUT2D eigenvalue weighted by Gasteiger charge is -2.07. The third kappa shape index (κ3) is 3.19. The van der Waals surface area contributed by atoms with Crippen molar-refractivity contribution in [2.75, 3.05) is 0 Å². The van der Waals surface area contributed by atoms with Gasteiger partial charge in [0.2, 0.25) is 5.28 Å². The second-order valence-corrected chi connectivity index (χ2v) is 4.02. The predicted molar refractivity (Wildman–Crippen MR) is 60.2 cm³/mol. The Morgan fingerprint density at radius 1 is 1.10 bits per heavy atom. The lowest BCUT2D eigenvalue weighted by molar-refractivity contribution is -0.141. The summed E-state index contributed by atoms with van der Waals surface area (Å²) in [5.74, 6) is 0. The largest absolute Gasteiger partial charge is 0.433 e. The van der Waals surface area contributed by atoms with Crippen molar-refractivity contribution in [1.29, 1.82) is 0 Å². The number of hydrogen-bond acceptors (Lipinski definition) is 3. The second-order valence-electron chi connectivity index (χ2n) is 3.68. The number of halogens is 6. The van der Waals surface area contributed by atoms with Crippen LogP contribution in [-0.4, -0.2) is 15.0 Å². The van der Waals surface area contributed by atoms with E-state index in [4.69, 9.17) is 11.6 Å². The molecular weight excluding hydrogens is 305 g/mol. The molecule has 0 aliphatic rings. The van der Waals surface area contributed by atoms with E-state index >= 15 is 0 Å². The van der Waals surface area contributed by atoms with Gasteiger partial charge in [-0.15, -0.1) is 0 Å². The highest BCUT2D eigenvalue weighted by Crippen LogP contribution is 2.29. The first kappa shape index (κ1) is 14.6. The molecule has 3 nitrogen and oxygen atoms in total. The van der Waals surface area contributed by atoms with E-state index < -0.39 is 29.3 Å². The first-order valence-electron chi connectivity index (χ1n) is 5.13. The molecule has 0 unspecified atom stereocenters. The lowest BCUT2D eigenvalue weighted by atomic mass is 10.1. The van der Waals surface area contributed by atoms with Gasteiger partial charge < -0.3 is 0 Å². The molecule has 0 radical (unpaired) electrons. The highest BCUT2D eigenvalue weighted by molar-refractivity contribution is 6.28. The first-order chi connectivity index (χ1) is 9.27. The van der Waals surface area contributed by atoms with E-state index in [-0.39, 0.29) is 11.3 Å². The maximum absolute atomic E-state index is 12.5. The van der Waals surface area contributed by atoms with Crippen molar-refractivity contribution in [1.82, 2.24) is 15.0 Å². The van der Waals surface area contributed by atoms with Crippen LogP contribution in [0.5, 0.6) is 0 Å². The molecule has 0 aliphatic heterocycles. The number of alkyl halides is 5. The molecular formula is C11H5ClF5N3. The number of hydrogen-bond donors (Lipinski definition) is 0. The Morgan fingerprint density at radius 3 is 2.30 bits per heavy atom. The van der Waals surface area contributed by atoms with Gasteiger partial charge in [0.1, 0.15) is 11.4 Å². The molecule has 20 heavy (non-hydrogen) atoms. The molecule has 2 heterocycles. The van der Waals surface area contributed by atoms with E-state index in [1.54, 1.807) is 0 Å². The van der Waals surface area contributed by atoms with Crippen molar-refractivity contribution in [2.45, 2.75) is 12.6 Å². The van der Waals surface area contributed by atoms with E-state index in [2.05, 4.69) is 15.0 Å². The number of rotatable bonds is 2. The van der Waals surface area contributed by atoms with Gasteiger partial charge in [0.25, 0.3) is 6.43 Å². The van der Waals surface area contributed by atoms with Crippen LogP contribution in [0, 0.1) is 0 Å². The summed E-state index contributed by atoms with van der Waals surface area (Å²) >= 11 is 5.49. The van der Waals surface area contributed by atoms with E-state index in [0.29, 0.717) is 0 Å². The maximum atomic E-state index is 12.5. The minimum absolute atomic E-state index is 0.0264. The van der Waals surface area contributed by atoms with Crippen molar-refractivity contribution < 1.29 is 22.0 Å². The molecule has 106 valence electrons. The van der Waals surface area contributed by atoms with Gasteiger partial charge in [-0.3, -0.25) is 4.98 Å². The zero-order chi connectivity index (χ0) is 14.9. The Balaban J connectivity index is 2.41. The Hall–Kier alpha value is -1.83. The molecule has 0 saturated heterocycles. The zero-order valence-electron chi connectivity index (χ0n) is 9.50. The normalized spacial score (nSPS) is 11.9. The molecule has 0 amide bonds. The van der Waals surface area contributed by atoms with Gasteiger partial charge in [0.15, 0.2) is 0 Å². The standard InChI is InChI=1S/C11H5ClF5N3/c12-10-19-6(3-7(20-10)9(13)14)5-1-2-8(18-4-5)11(15,16)17/h1-4,9H. The Bertz CT molecular complexity index is 612. The molecule has 0 N–H and O–H groups in total. The fraction of sp³-hybridized carbons (Fsp3) is 0.182. The van der Waals surface area contributed by atoms with Gasteiger partial charge in [0, 0.05) is 11.8 Å². The fourth-order valence-corrected chi connectivity index (χ4v) is 1.60. The number of aromatic nitrogens is 3. The number of nitrogens with zero attached hydrogens (tertiary/aromatic N) is 3. The Labute approximate surface area is 114 Å². The predicted octanol–water partition coefficient (Wildman–Crippen LogP) is 4.15. The van der Waals surface area contributed by atoms with Crippen molar-refractivity contribution >= 4 is 11.6 Å². The van der Waals surface area contributed by atoms with Crippen molar-refractivity contribution in [3.8, 4) is 11.3 Å². The summed E-state index contributed by atoms with van der Waals surface area (Å²) in [6, 6.07) is 2.75. The molecule has 2 rings (SSSR count).